The Morgan fingerprint density at radius 1 is 1.25 bits per heavy atom. The first-order valence-corrected chi connectivity index (χ1v) is 8.12. The van der Waals surface area contributed by atoms with Crippen molar-refractivity contribution in [2.75, 3.05) is 12.9 Å². The molecule has 0 radical (unpaired) electrons. The highest BCUT2D eigenvalue weighted by Crippen LogP contribution is 2.25. The van der Waals surface area contributed by atoms with Crippen LogP contribution in [0.5, 0.6) is 5.75 Å². The lowest BCUT2D eigenvalue weighted by molar-refractivity contribution is -0.116. The Balaban J connectivity index is 1.79. The fraction of sp³-hybridized carbons (Fsp3) is 0.118. The number of ether oxygens (including phenoxy) is 1. The normalized spacial score (nSPS) is 15.9. The number of methoxy groups -OCH3 is 1. The average Bonchev–Trinajstić information content (AvgIpc) is 3.00. The monoisotopic (exact) mass is 343 g/mol. The lowest BCUT2D eigenvalue weighted by Gasteiger charge is -2.06. The summed E-state index contributed by atoms with van der Waals surface area (Å²) in [7, 11) is 1.43. The molecule has 0 aliphatic carbocycles. The molecule has 24 heavy (non-hydrogen) atoms. The predicted octanol–water partition coefficient (Wildman–Crippen LogP) is 3.05. The minimum absolute atomic E-state index is 0.0718. The van der Waals surface area contributed by atoms with Crippen molar-refractivity contribution in [1.29, 1.82) is 0 Å². The Hall–Kier alpha value is -2.67. The molecule has 2 aromatic carbocycles. The minimum atomic E-state index is -0.408. The van der Waals surface area contributed by atoms with Crippen molar-refractivity contribution < 1.29 is 13.9 Å². The van der Waals surface area contributed by atoms with E-state index in [1.54, 1.807) is 18.3 Å². The quantitative estimate of drug-likeness (QED) is 0.685. The molecule has 122 valence electrons. The van der Waals surface area contributed by atoms with E-state index in [1.165, 1.54) is 24.9 Å². The standard InChI is InChI=1S/C17H14FN3O2S/c1-23-15-6-5-13(8-14(15)18)12-4-2-3-11(7-12)9-19-21-17-20-16(22)10-24-17/h2-9H,10H2,1H3,(H,20,21,22). The van der Waals surface area contributed by atoms with E-state index >= 15 is 0 Å². The number of nitrogens with one attached hydrogen (secondary N) is 1. The zero-order valence-corrected chi connectivity index (χ0v) is 13.6. The lowest BCUT2D eigenvalue weighted by Crippen LogP contribution is -2.19. The third kappa shape index (κ3) is 3.80. The Morgan fingerprint density at radius 2 is 2.08 bits per heavy atom. The number of carbonyl (C=O) groups is 1. The van der Waals surface area contributed by atoms with Crippen molar-refractivity contribution in [3.05, 3.63) is 53.8 Å². The number of amides is 1. The maximum Gasteiger partial charge on any atom is 0.236 e. The van der Waals surface area contributed by atoms with Gasteiger partial charge in [-0.25, -0.2) is 4.39 Å². The molecule has 1 heterocycles. The molecule has 1 fully saturated rings. The smallest absolute Gasteiger partial charge is 0.236 e. The van der Waals surface area contributed by atoms with E-state index in [0.717, 1.165) is 16.7 Å². The van der Waals surface area contributed by atoms with Crippen LogP contribution in [-0.2, 0) is 4.79 Å². The van der Waals surface area contributed by atoms with Crippen LogP contribution in [0.4, 0.5) is 4.39 Å². The van der Waals surface area contributed by atoms with Gasteiger partial charge in [0.05, 0.1) is 19.1 Å². The number of halogens is 1. The van der Waals surface area contributed by atoms with Crippen molar-refractivity contribution in [2.24, 2.45) is 10.2 Å². The first-order chi connectivity index (χ1) is 11.7. The summed E-state index contributed by atoms with van der Waals surface area (Å²) in [6.07, 6.45) is 1.58. The largest absolute Gasteiger partial charge is 0.494 e. The topological polar surface area (TPSA) is 63.1 Å². The number of carbonyl (C=O) groups excluding carboxylic acids is 1. The Morgan fingerprint density at radius 3 is 2.79 bits per heavy atom. The molecule has 1 aliphatic heterocycles. The average molecular weight is 343 g/mol. The van der Waals surface area contributed by atoms with Gasteiger partial charge < -0.3 is 10.1 Å². The summed E-state index contributed by atoms with van der Waals surface area (Å²) in [5, 5.41) is 11.0. The van der Waals surface area contributed by atoms with E-state index in [-0.39, 0.29) is 11.7 Å². The van der Waals surface area contributed by atoms with Gasteiger partial charge in [-0.3, -0.25) is 4.79 Å². The van der Waals surface area contributed by atoms with Gasteiger partial charge in [0.2, 0.25) is 5.91 Å². The zero-order chi connectivity index (χ0) is 16.9. The second kappa shape index (κ2) is 7.27. The maximum absolute atomic E-state index is 13.8. The van der Waals surface area contributed by atoms with Gasteiger partial charge in [0, 0.05) is 0 Å². The number of benzene rings is 2. The van der Waals surface area contributed by atoms with E-state index < -0.39 is 5.82 Å². The number of amidine groups is 1. The van der Waals surface area contributed by atoms with Crippen LogP contribution in [-0.4, -0.2) is 30.2 Å². The van der Waals surface area contributed by atoms with Crippen LogP contribution in [0, 0.1) is 5.82 Å². The Labute approximate surface area is 142 Å². The van der Waals surface area contributed by atoms with E-state index in [1.807, 2.05) is 24.3 Å². The number of nitrogens with zero attached hydrogens (tertiary/aromatic N) is 2. The van der Waals surface area contributed by atoms with Gasteiger partial charge in [-0.15, -0.1) is 5.10 Å². The first-order valence-electron chi connectivity index (χ1n) is 7.13. The van der Waals surface area contributed by atoms with Gasteiger partial charge >= 0.3 is 0 Å². The highest BCUT2D eigenvalue weighted by molar-refractivity contribution is 8.15. The van der Waals surface area contributed by atoms with Crippen molar-refractivity contribution >= 4 is 29.1 Å². The number of thioether (sulfide) groups is 1. The third-order valence-electron chi connectivity index (χ3n) is 3.31. The van der Waals surface area contributed by atoms with Crippen molar-refractivity contribution in [3.63, 3.8) is 0 Å². The summed E-state index contributed by atoms with van der Waals surface area (Å²) >= 11 is 1.31. The van der Waals surface area contributed by atoms with Crippen LogP contribution in [0.15, 0.2) is 52.7 Å². The molecule has 5 nitrogen and oxygen atoms in total. The molecule has 0 unspecified atom stereocenters. The molecular weight excluding hydrogens is 329 g/mol. The number of rotatable bonds is 4. The Kier molecular flexibility index (Phi) is 4.90. The molecule has 0 bridgehead atoms. The SMILES string of the molecule is COc1ccc(-c2cccc(C=NN=C3NC(=O)CS3)c2)cc1F. The predicted molar refractivity (Wildman–Crippen MR) is 94.0 cm³/mol. The lowest BCUT2D eigenvalue weighted by atomic mass is 10.0. The second-order valence-corrected chi connectivity index (χ2v) is 5.93. The molecule has 2 aromatic rings. The summed E-state index contributed by atoms with van der Waals surface area (Å²) in [5.41, 5.74) is 2.42. The minimum Gasteiger partial charge on any atom is -0.494 e. The van der Waals surface area contributed by atoms with Crippen LogP contribution in [0.3, 0.4) is 0 Å². The second-order valence-electron chi connectivity index (χ2n) is 4.96. The molecule has 1 aliphatic rings. The van der Waals surface area contributed by atoms with Crippen LogP contribution in [0.2, 0.25) is 0 Å². The maximum atomic E-state index is 13.8. The van der Waals surface area contributed by atoms with Gasteiger partial charge in [-0.1, -0.05) is 36.0 Å². The van der Waals surface area contributed by atoms with Gasteiger partial charge in [-0.2, -0.15) is 5.10 Å². The molecule has 0 atom stereocenters. The molecule has 7 heteroatoms. The van der Waals surface area contributed by atoms with Crippen LogP contribution < -0.4 is 10.1 Å². The van der Waals surface area contributed by atoms with Crippen molar-refractivity contribution in [2.45, 2.75) is 0 Å². The molecule has 1 saturated heterocycles. The van der Waals surface area contributed by atoms with Crippen LogP contribution in [0.25, 0.3) is 11.1 Å². The molecule has 0 saturated carbocycles. The highest BCUT2D eigenvalue weighted by Gasteiger charge is 2.15. The summed E-state index contributed by atoms with van der Waals surface area (Å²) in [6.45, 7) is 0. The zero-order valence-electron chi connectivity index (χ0n) is 12.8. The number of hydrogen-bond donors (Lipinski definition) is 1. The van der Waals surface area contributed by atoms with Crippen molar-refractivity contribution in [3.8, 4) is 16.9 Å². The molecular formula is C17H14FN3O2S. The summed E-state index contributed by atoms with van der Waals surface area (Å²) in [4.78, 5) is 11.1. The van der Waals surface area contributed by atoms with Gasteiger partial charge in [-0.05, 0) is 34.9 Å². The van der Waals surface area contributed by atoms with Crippen LogP contribution in [0.1, 0.15) is 5.56 Å². The molecule has 1 amide bonds. The first kappa shape index (κ1) is 16.2. The van der Waals surface area contributed by atoms with Crippen LogP contribution >= 0.6 is 11.8 Å². The Bertz CT molecular complexity index is 836. The number of hydrogen-bond acceptors (Lipinski definition) is 5. The van der Waals surface area contributed by atoms with Gasteiger partial charge in [0.1, 0.15) is 0 Å². The van der Waals surface area contributed by atoms with Gasteiger partial charge in [0.25, 0.3) is 0 Å². The summed E-state index contributed by atoms with van der Waals surface area (Å²) in [5.74, 6) is 0.0997. The van der Waals surface area contributed by atoms with E-state index in [2.05, 4.69) is 15.5 Å². The molecule has 0 spiro atoms. The molecule has 3 rings (SSSR count). The van der Waals surface area contributed by atoms with Gasteiger partial charge in [0.15, 0.2) is 16.7 Å². The fourth-order valence-electron chi connectivity index (χ4n) is 2.17. The highest BCUT2D eigenvalue weighted by atomic mass is 32.2. The van der Waals surface area contributed by atoms with E-state index in [4.69, 9.17) is 4.74 Å². The molecule has 1 N–H and O–H groups in total. The molecule has 0 aromatic heterocycles. The fourth-order valence-corrected chi connectivity index (χ4v) is 2.80. The van der Waals surface area contributed by atoms with Crippen molar-refractivity contribution in [1.82, 2.24) is 5.32 Å². The summed E-state index contributed by atoms with van der Waals surface area (Å²) < 4.78 is 18.8. The summed E-state index contributed by atoms with van der Waals surface area (Å²) in [6, 6.07) is 12.3. The van der Waals surface area contributed by atoms with E-state index in [0.29, 0.717) is 10.9 Å². The third-order valence-corrected chi connectivity index (χ3v) is 4.18. The van der Waals surface area contributed by atoms with E-state index in [9.17, 15) is 9.18 Å².